The largest absolute Gasteiger partial charge is 0.309 e. The molecule has 5 heteroatoms. The van der Waals surface area contributed by atoms with Gasteiger partial charge in [-0.3, -0.25) is 0 Å². The SMILES string of the molecule is CC(C)c1ccc([C@H](C)NCCS(=O)(=O)c2ccc(Cl)cc2)cc1. The van der Waals surface area contributed by atoms with E-state index in [1.54, 1.807) is 24.3 Å². The number of sulfone groups is 1. The minimum atomic E-state index is -3.29. The van der Waals surface area contributed by atoms with E-state index in [2.05, 4.69) is 43.4 Å². The molecule has 0 heterocycles. The second-order valence-corrected chi connectivity index (χ2v) is 8.82. The molecule has 3 nitrogen and oxygen atoms in total. The zero-order chi connectivity index (χ0) is 17.7. The number of halogens is 1. The number of benzene rings is 2. The first-order valence-corrected chi connectivity index (χ1v) is 10.1. The first kappa shape index (κ1) is 19.0. The molecule has 0 aliphatic rings. The molecule has 130 valence electrons. The highest BCUT2D eigenvalue weighted by molar-refractivity contribution is 7.91. The van der Waals surface area contributed by atoms with Crippen molar-refractivity contribution in [1.29, 1.82) is 0 Å². The highest BCUT2D eigenvalue weighted by atomic mass is 35.5. The Morgan fingerprint density at radius 3 is 2.00 bits per heavy atom. The van der Waals surface area contributed by atoms with Crippen molar-refractivity contribution < 1.29 is 8.42 Å². The highest BCUT2D eigenvalue weighted by Crippen LogP contribution is 2.19. The van der Waals surface area contributed by atoms with Gasteiger partial charge in [-0.25, -0.2) is 8.42 Å². The van der Waals surface area contributed by atoms with Crippen LogP contribution in [-0.4, -0.2) is 20.7 Å². The van der Waals surface area contributed by atoms with Gasteiger partial charge < -0.3 is 5.32 Å². The van der Waals surface area contributed by atoms with Gasteiger partial charge in [0.1, 0.15) is 0 Å². The molecule has 0 fully saturated rings. The normalized spacial score (nSPS) is 13.2. The molecule has 2 aromatic rings. The van der Waals surface area contributed by atoms with Gasteiger partial charge >= 0.3 is 0 Å². The molecule has 0 saturated carbocycles. The lowest BCUT2D eigenvalue weighted by Crippen LogP contribution is -2.25. The van der Waals surface area contributed by atoms with Crippen LogP contribution < -0.4 is 5.32 Å². The van der Waals surface area contributed by atoms with Gasteiger partial charge in [-0.1, -0.05) is 49.7 Å². The third-order valence-electron chi connectivity index (χ3n) is 4.10. The van der Waals surface area contributed by atoms with E-state index in [0.717, 1.165) is 5.56 Å². The van der Waals surface area contributed by atoms with Crippen LogP contribution in [0.4, 0.5) is 0 Å². The lowest BCUT2D eigenvalue weighted by atomic mass is 10.00. The lowest BCUT2D eigenvalue weighted by Gasteiger charge is -2.15. The van der Waals surface area contributed by atoms with Gasteiger partial charge in [0.15, 0.2) is 9.84 Å². The number of nitrogens with one attached hydrogen (secondary N) is 1. The average molecular weight is 366 g/mol. The standard InChI is InChI=1S/C19H24ClNO2S/c1-14(2)16-4-6-17(7-5-16)15(3)21-12-13-24(22,23)19-10-8-18(20)9-11-19/h4-11,14-15,21H,12-13H2,1-3H3/t15-/m0/s1. The van der Waals surface area contributed by atoms with Crippen molar-refractivity contribution in [2.24, 2.45) is 0 Å². The van der Waals surface area contributed by atoms with Crippen LogP contribution in [0.1, 0.15) is 43.9 Å². The Balaban J connectivity index is 1.92. The predicted molar refractivity (Wildman–Crippen MR) is 100 cm³/mol. The van der Waals surface area contributed by atoms with Crippen molar-refractivity contribution in [3.63, 3.8) is 0 Å². The number of hydrogen-bond acceptors (Lipinski definition) is 3. The maximum absolute atomic E-state index is 12.3. The molecule has 0 bridgehead atoms. The summed E-state index contributed by atoms with van der Waals surface area (Å²) in [5, 5.41) is 3.81. The van der Waals surface area contributed by atoms with Crippen LogP contribution in [0.2, 0.25) is 5.02 Å². The van der Waals surface area contributed by atoms with Crippen LogP contribution >= 0.6 is 11.6 Å². The summed E-state index contributed by atoms with van der Waals surface area (Å²) in [5.41, 5.74) is 2.46. The molecule has 24 heavy (non-hydrogen) atoms. The summed E-state index contributed by atoms with van der Waals surface area (Å²) < 4.78 is 24.6. The van der Waals surface area contributed by atoms with Crippen LogP contribution in [0, 0.1) is 0 Å². The fourth-order valence-electron chi connectivity index (χ4n) is 2.46. The van der Waals surface area contributed by atoms with Crippen molar-refractivity contribution in [2.45, 2.75) is 37.6 Å². The molecule has 2 aromatic carbocycles. The molecular formula is C19H24ClNO2S. The van der Waals surface area contributed by atoms with E-state index in [-0.39, 0.29) is 11.8 Å². The number of hydrogen-bond donors (Lipinski definition) is 1. The molecule has 0 aliphatic heterocycles. The Morgan fingerprint density at radius 2 is 1.46 bits per heavy atom. The van der Waals surface area contributed by atoms with Crippen LogP contribution in [-0.2, 0) is 9.84 Å². The topological polar surface area (TPSA) is 46.2 Å². The first-order chi connectivity index (χ1) is 11.3. The molecular weight excluding hydrogens is 342 g/mol. The summed E-state index contributed by atoms with van der Waals surface area (Å²) in [4.78, 5) is 0.308. The summed E-state index contributed by atoms with van der Waals surface area (Å²) in [6.07, 6.45) is 0. The van der Waals surface area contributed by atoms with Gasteiger partial charge in [0.2, 0.25) is 0 Å². The van der Waals surface area contributed by atoms with E-state index in [0.29, 0.717) is 22.4 Å². The molecule has 1 N–H and O–H groups in total. The van der Waals surface area contributed by atoms with Crippen molar-refractivity contribution in [3.8, 4) is 0 Å². The fraction of sp³-hybridized carbons (Fsp3) is 0.368. The monoisotopic (exact) mass is 365 g/mol. The Kier molecular flexibility index (Phi) is 6.44. The maximum Gasteiger partial charge on any atom is 0.179 e. The molecule has 0 spiro atoms. The van der Waals surface area contributed by atoms with Gasteiger partial charge in [-0.2, -0.15) is 0 Å². The maximum atomic E-state index is 12.3. The predicted octanol–water partition coefficient (Wildman–Crippen LogP) is 4.59. The third-order valence-corrected chi connectivity index (χ3v) is 6.08. The molecule has 0 saturated heterocycles. The van der Waals surface area contributed by atoms with Crippen molar-refractivity contribution in [3.05, 3.63) is 64.7 Å². The van der Waals surface area contributed by atoms with Gasteiger partial charge in [0.25, 0.3) is 0 Å². The van der Waals surface area contributed by atoms with E-state index in [4.69, 9.17) is 11.6 Å². The Hall–Kier alpha value is -1.36. The van der Waals surface area contributed by atoms with Crippen molar-refractivity contribution >= 4 is 21.4 Å². The molecule has 0 aromatic heterocycles. The van der Waals surface area contributed by atoms with Crippen LogP contribution in [0.3, 0.4) is 0 Å². The summed E-state index contributed by atoms with van der Waals surface area (Å²) in [7, 11) is -3.29. The second-order valence-electron chi connectivity index (χ2n) is 6.27. The molecule has 0 unspecified atom stereocenters. The zero-order valence-corrected chi connectivity index (χ0v) is 15.9. The van der Waals surface area contributed by atoms with Gasteiger partial charge in [0, 0.05) is 17.6 Å². The molecule has 2 rings (SSSR count). The van der Waals surface area contributed by atoms with Crippen LogP contribution in [0.15, 0.2) is 53.4 Å². The smallest absolute Gasteiger partial charge is 0.179 e. The van der Waals surface area contributed by atoms with E-state index in [1.807, 2.05) is 6.92 Å². The Morgan fingerprint density at radius 1 is 0.917 bits per heavy atom. The lowest BCUT2D eigenvalue weighted by molar-refractivity contribution is 0.572. The van der Waals surface area contributed by atoms with E-state index in [9.17, 15) is 8.42 Å². The molecule has 0 aliphatic carbocycles. The number of rotatable bonds is 7. The molecule has 0 radical (unpaired) electrons. The van der Waals surface area contributed by atoms with Crippen molar-refractivity contribution in [1.82, 2.24) is 5.32 Å². The summed E-state index contributed by atoms with van der Waals surface area (Å²) in [6, 6.07) is 14.8. The first-order valence-electron chi connectivity index (χ1n) is 8.11. The van der Waals surface area contributed by atoms with E-state index < -0.39 is 9.84 Å². The average Bonchev–Trinajstić information content (AvgIpc) is 2.55. The minimum absolute atomic E-state index is 0.0586. The van der Waals surface area contributed by atoms with Crippen LogP contribution in [0.5, 0.6) is 0 Å². The second kappa shape index (κ2) is 8.15. The highest BCUT2D eigenvalue weighted by Gasteiger charge is 2.15. The van der Waals surface area contributed by atoms with Gasteiger partial charge in [-0.15, -0.1) is 0 Å². The van der Waals surface area contributed by atoms with Gasteiger partial charge in [0.05, 0.1) is 10.6 Å². The fourth-order valence-corrected chi connectivity index (χ4v) is 3.76. The van der Waals surface area contributed by atoms with E-state index >= 15 is 0 Å². The Labute approximate surface area is 150 Å². The third kappa shape index (κ3) is 5.07. The van der Waals surface area contributed by atoms with Gasteiger partial charge in [-0.05, 0) is 48.2 Å². The molecule has 0 amide bonds. The summed E-state index contributed by atoms with van der Waals surface area (Å²) in [5.74, 6) is 0.565. The van der Waals surface area contributed by atoms with Crippen LogP contribution in [0.25, 0.3) is 0 Å². The van der Waals surface area contributed by atoms with E-state index in [1.165, 1.54) is 5.56 Å². The minimum Gasteiger partial charge on any atom is -0.309 e. The molecule has 1 atom stereocenters. The summed E-state index contributed by atoms with van der Waals surface area (Å²) >= 11 is 5.80. The zero-order valence-electron chi connectivity index (χ0n) is 14.3. The quantitative estimate of drug-likeness (QED) is 0.780. The Bertz CT molecular complexity index is 753. The summed E-state index contributed by atoms with van der Waals surface area (Å²) in [6.45, 7) is 6.77. The van der Waals surface area contributed by atoms with Crippen molar-refractivity contribution in [2.75, 3.05) is 12.3 Å².